The lowest BCUT2D eigenvalue weighted by molar-refractivity contribution is 0.196. The zero-order chi connectivity index (χ0) is 10.9. The van der Waals surface area contributed by atoms with Crippen molar-refractivity contribution in [3.05, 3.63) is 0 Å². The van der Waals surface area contributed by atoms with Crippen molar-refractivity contribution in [2.45, 2.75) is 64.2 Å². The van der Waals surface area contributed by atoms with E-state index in [4.69, 9.17) is 0 Å². The van der Waals surface area contributed by atoms with Gasteiger partial charge < -0.3 is 0 Å². The molecule has 0 nitrogen and oxygen atoms in total. The van der Waals surface area contributed by atoms with Gasteiger partial charge in [-0.25, -0.2) is 0 Å². The Hall–Kier alpha value is 1.46. The monoisotopic (exact) mass is 434 g/mol. The Labute approximate surface area is 123 Å². The first-order valence-corrected chi connectivity index (χ1v) is 9.55. The lowest BCUT2D eigenvalue weighted by atomic mass is 9.73. The van der Waals surface area contributed by atoms with Crippen molar-refractivity contribution in [1.29, 1.82) is 0 Å². The van der Waals surface area contributed by atoms with Crippen LogP contribution < -0.4 is 0 Å². The van der Waals surface area contributed by atoms with E-state index in [1.807, 2.05) is 0 Å². The summed E-state index contributed by atoms with van der Waals surface area (Å²) in [6.45, 7) is 0. The molecule has 0 aliphatic heterocycles. The van der Waals surface area contributed by atoms with Gasteiger partial charge in [0.15, 0.2) is 0 Å². The van der Waals surface area contributed by atoms with E-state index in [0.29, 0.717) is 0 Å². The van der Waals surface area contributed by atoms with Crippen molar-refractivity contribution in [2.75, 3.05) is 2.43 Å². The molecule has 0 aromatic carbocycles. The number of halogens is 2. The Morgan fingerprint density at radius 1 is 0.600 bits per heavy atom. The third-order valence-electron chi connectivity index (χ3n) is 3.97. The van der Waals surface area contributed by atoms with Gasteiger partial charge in [-0.2, -0.15) is 0 Å². The second-order valence-corrected chi connectivity index (χ2v) is 9.34. The first-order chi connectivity index (χ1) is 7.38. The van der Waals surface area contributed by atoms with Crippen LogP contribution >= 0.6 is 45.2 Å². The van der Waals surface area contributed by atoms with E-state index < -0.39 is 0 Å². The second-order valence-electron chi connectivity index (χ2n) is 4.90. The maximum Gasteiger partial charge on any atom is 0.0516 e. The van der Waals surface area contributed by atoms with Crippen molar-refractivity contribution in [3.8, 4) is 0 Å². The van der Waals surface area contributed by atoms with E-state index in [1.165, 1.54) is 41.0 Å². The summed E-state index contributed by atoms with van der Waals surface area (Å²) in [4.78, 5) is 0. The van der Waals surface area contributed by atoms with Crippen LogP contribution in [0.1, 0.15) is 64.2 Å². The zero-order valence-corrected chi connectivity index (χ0v) is 14.0. The Bertz CT molecular complexity index is 119. The molecule has 0 amide bonds. The van der Waals surface area contributed by atoms with Crippen LogP contribution in [0.3, 0.4) is 0 Å². The van der Waals surface area contributed by atoms with Gasteiger partial charge in [0.05, 0.1) is 2.43 Å². The number of alkyl halides is 2. The first-order valence-electron chi connectivity index (χ1n) is 6.50. The van der Waals surface area contributed by atoms with Crippen LogP contribution in [0.15, 0.2) is 0 Å². The fourth-order valence-electron chi connectivity index (χ4n) is 3.21. The molecule has 2 rings (SSSR count). The molecule has 15 heavy (non-hydrogen) atoms. The van der Waals surface area contributed by atoms with Crippen molar-refractivity contribution < 1.29 is 0 Å². The molecular formula is C13H24I2. The molecule has 2 aliphatic rings. The van der Waals surface area contributed by atoms with Crippen LogP contribution in [0, 0.1) is 11.8 Å². The summed E-state index contributed by atoms with van der Waals surface area (Å²) in [6, 6.07) is 0. The summed E-state index contributed by atoms with van der Waals surface area (Å²) < 4.78 is 1.19. The molecule has 2 heteroatoms. The Kier molecular flexibility index (Phi) is 9.18. The molecule has 2 fully saturated rings. The van der Waals surface area contributed by atoms with E-state index in [1.54, 1.807) is 25.7 Å². The van der Waals surface area contributed by atoms with Crippen molar-refractivity contribution >= 4 is 45.2 Å². The van der Waals surface area contributed by atoms with Gasteiger partial charge in [-0.05, 0) is 11.8 Å². The van der Waals surface area contributed by atoms with Gasteiger partial charge in [0, 0.05) is 0 Å². The van der Waals surface area contributed by atoms with Crippen LogP contribution in [0.4, 0.5) is 0 Å². The summed E-state index contributed by atoms with van der Waals surface area (Å²) >= 11 is 4.55. The summed E-state index contributed by atoms with van der Waals surface area (Å²) in [6.07, 6.45) is 15.4. The minimum absolute atomic E-state index is 1.14. The molecule has 0 spiro atoms. The third-order valence-corrected chi connectivity index (χ3v) is 3.97. The molecule has 0 aromatic rings. The maximum absolute atomic E-state index is 2.28. The molecule has 90 valence electrons. The largest absolute Gasteiger partial charge is 0.0748 e. The summed E-state index contributed by atoms with van der Waals surface area (Å²) in [5.41, 5.74) is 0. The highest BCUT2D eigenvalue weighted by atomic mass is 127. The van der Waals surface area contributed by atoms with E-state index in [2.05, 4.69) is 45.2 Å². The lowest BCUT2D eigenvalue weighted by Gasteiger charge is -2.32. The number of rotatable bonds is 1. The van der Waals surface area contributed by atoms with Gasteiger partial charge in [-0.15, -0.1) is 0 Å². The van der Waals surface area contributed by atoms with Crippen LogP contribution in [-0.2, 0) is 0 Å². The van der Waals surface area contributed by atoms with Gasteiger partial charge in [0.25, 0.3) is 0 Å². The molecule has 0 aromatic heterocycles. The highest BCUT2D eigenvalue weighted by Gasteiger charge is 2.24. The van der Waals surface area contributed by atoms with Gasteiger partial charge in [-0.3, -0.25) is 0 Å². The predicted molar refractivity (Wildman–Crippen MR) is 86.1 cm³/mol. The van der Waals surface area contributed by atoms with Crippen LogP contribution in [-0.4, -0.2) is 2.43 Å². The van der Waals surface area contributed by atoms with Crippen molar-refractivity contribution in [2.24, 2.45) is 11.8 Å². The quantitative estimate of drug-likeness (QED) is 0.353. The normalized spacial score (nSPS) is 24.4. The second kappa shape index (κ2) is 9.49. The molecule has 0 bridgehead atoms. The van der Waals surface area contributed by atoms with Gasteiger partial charge >= 0.3 is 0 Å². The molecule has 2 aliphatic carbocycles. The highest BCUT2D eigenvalue weighted by Crippen LogP contribution is 2.37. The predicted octanol–water partition coefficient (Wildman–Crippen LogP) is 5.96. The standard InChI is InChI=1S/C12H22.CH2I2/c1-3-7-11(8-4-1)12-9-5-2-6-10-12;2-1-3/h11-12H,1-10H2;1H2. The van der Waals surface area contributed by atoms with Gasteiger partial charge in [-0.1, -0.05) is 109 Å². The smallest absolute Gasteiger partial charge is 0.0516 e. The minimum atomic E-state index is 1.14. The van der Waals surface area contributed by atoms with E-state index in [-0.39, 0.29) is 0 Å². The van der Waals surface area contributed by atoms with Gasteiger partial charge in [0.2, 0.25) is 0 Å². The molecule has 0 unspecified atom stereocenters. The molecule has 0 saturated heterocycles. The Morgan fingerprint density at radius 3 is 1.13 bits per heavy atom. The summed E-state index contributed by atoms with van der Waals surface area (Å²) in [5.74, 6) is 2.28. The summed E-state index contributed by atoms with van der Waals surface area (Å²) in [7, 11) is 0. The molecule has 0 N–H and O–H groups in total. The van der Waals surface area contributed by atoms with Crippen molar-refractivity contribution in [3.63, 3.8) is 0 Å². The average molecular weight is 434 g/mol. The molecular weight excluding hydrogens is 410 g/mol. The Morgan fingerprint density at radius 2 is 0.867 bits per heavy atom. The molecule has 0 radical (unpaired) electrons. The fraction of sp³-hybridized carbons (Fsp3) is 1.00. The number of hydrogen-bond donors (Lipinski definition) is 0. The lowest BCUT2D eigenvalue weighted by Crippen LogP contribution is -2.20. The average Bonchev–Trinajstić information content (AvgIpc) is 2.32. The molecule has 0 heterocycles. The van der Waals surface area contributed by atoms with Crippen LogP contribution in [0.2, 0.25) is 0 Å². The third kappa shape index (κ3) is 6.08. The van der Waals surface area contributed by atoms with E-state index in [9.17, 15) is 0 Å². The SMILES string of the molecule is C1CCC(C2CCCCC2)CC1.ICI. The molecule has 2 saturated carbocycles. The maximum atomic E-state index is 2.28. The van der Waals surface area contributed by atoms with E-state index >= 15 is 0 Å². The topological polar surface area (TPSA) is 0 Å². The van der Waals surface area contributed by atoms with E-state index in [0.717, 1.165) is 11.8 Å². The fourth-order valence-corrected chi connectivity index (χ4v) is 3.21. The van der Waals surface area contributed by atoms with Crippen molar-refractivity contribution in [1.82, 2.24) is 0 Å². The van der Waals surface area contributed by atoms with Crippen LogP contribution in [0.5, 0.6) is 0 Å². The van der Waals surface area contributed by atoms with Crippen LogP contribution in [0.25, 0.3) is 0 Å². The molecule has 0 atom stereocenters. The highest BCUT2D eigenvalue weighted by molar-refractivity contribution is 14.2. The minimum Gasteiger partial charge on any atom is -0.0748 e. The number of hydrogen-bond acceptors (Lipinski definition) is 0. The van der Waals surface area contributed by atoms with Gasteiger partial charge in [0.1, 0.15) is 0 Å². The Balaban J connectivity index is 0.000000337. The zero-order valence-electron chi connectivity index (χ0n) is 9.69. The first kappa shape index (κ1) is 14.5. The summed E-state index contributed by atoms with van der Waals surface area (Å²) in [5, 5.41) is 0.